The van der Waals surface area contributed by atoms with Crippen LogP contribution in [0.3, 0.4) is 0 Å². The average molecular weight is 758 g/mol. The van der Waals surface area contributed by atoms with Gasteiger partial charge in [0.15, 0.2) is 11.5 Å². The van der Waals surface area contributed by atoms with E-state index in [9.17, 15) is 35.6 Å². The van der Waals surface area contributed by atoms with Gasteiger partial charge in [0.25, 0.3) is 12.0 Å². The molecule has 1 aliphatic rings. The first-order valence-corrected chi connectivity index (χ1v) is 18.1. The van der Waals surface area contributed by atoms with Gasteiger partial charge < -0.3 is 5.32 Å². The molecule has 0 aliphatic heterocycles. The Morgan fingerprint density at radius 3 is 2.54 bits per heavy atom. The van der Waals surface area contributed by atoms with Crippen LogP contribution in [0.2, 0.25) is 5.02 Å². The summed E-state index contributed by atoms with van der Waals surface area (Å²) in [6.07, 6.45) is 0.643. The zero-order valence-electron chi connectivity index (χ0n) is 27.4. The van der Waals surface area contributed by atoms with Gasteiger partial charge in [-0.15, -0.1) is 0 Å². The number of carbonyl (C=O) groups excluding carboxylic acids is 1. The van der Waals surface area contributed by atoms with Crippen molar-refractivity contribution >= 4 is 55.3 Å². The number of aromatic nitrogens is 7. The monoisotopic (exact) mass is 757 g/mol. The molecule has 4 heterocycles. The van der Waals surface area contributed by atoms with Gasteiger partial charge in [0.05, 0.1) is 45.0 Å². The number of hydrogen-bond acceptors (Lipinski definition) is 8. The molecular formula is C33H28ClF4N9O4S. The fraction of sp³-hybridized carbons (Fsp3) is 0.273. The highest BCUT2D eigenvalue weighted by molar-refractivity contribution is 7.92. The van der Waals surface area contributed by atoms with Gasteiger partial charge in [-0.1, -0.05) is 11.6 Å². The van der Waals surface area contributed by atoms with Crippen LogP contribution in [-0.2, 0) is 47.7 Å². The van der Waals surface area contributed by atoms with E-state index in [0.29, 0.717) is 36.6 Å². The Hall–Kier alpha value is -5.36. The molecule has 19 heteroatoms. The number of benzene rings is 2. The predicted molar refractivity (Wildman–Crippen MR) is 183 cm³/mol. The van der Waals surface area contributed by atoms with E-state index in [1.54, 1.807) is 0 Å². The van der Waals surface area contributed by atoms with Crippen molar-refractivity contribution in [3.63, 3.8) is 0 Å². The first kappa shape index (κ1) is 35.1. The molecule has 0 saturated heterocycles. The second-order valence-corrected chi connectivity index (χ2v) is 14.5. The van der Waals surface area contributed by atoms with Gasteiger partial charge in [-0.3, -0.25) is 28.2 Å². The molecule has 270 valence electrons. The second-order valence-electron chi connectivity index (χ2n) is 12.3. The van der Waals surface area contributed by atoms with Crippen molar-refractivity contribution in [3.05, 3.63) is 104 Å². The van der Waals surface area contributed by atoms with Crippen LogP contribution < -0.4 is 15.6 Å². The molecule has 0 radical (unpaired) electrons. The highest BCUT2D eigenvalue weighted by Crippen LogP contribution is 2.36. The number of nitrogens with zero attached hydrogens (tertiary/aromatic N) is 7. The molecule has 1 aliphatic carbocycles. The zero-order valence-corrected chi connectivity index (χ0v) is 28.9. The minimum absolute atomic E-state index is 0.0263. The number of alkyl halides is 2. The van der Waals surface area contributed by atoms with Crippen LogP contribution >= 0.6 is 11.6 Å². The summed E-state index contributed by atoms with van der Waals surface area (Å²) >= 11 is 6.56. The Morgan fingerprint density at radius 2 is 1.83 bits per heavy atom. The Balaban J connectivity index is 1.43. The van der Waals surface area contributed by atoms with Crippen LogP contribution in [0.5, 0.6) is 0 Å². The Bertz CT molecular complexity index is 2570. The number of pyridine rings is 1. The van der Waals surface area contributed by atoms with Gasteiger partial charge in [0.2, 0.25) is 15.9 Å². The Labute approximate surface area is 297 Å². The fourth-order valence-corrected chi connectivity index (χ4v) is 7.41. The molecule has 52 heavy (non-hydrogen) atoms. The molecule has 1 atom stereocenters. The number of halogens is 5. The number of fused-ring (bicyclic) bond motifs is 3. The van der Waals surface area contributed by atoms with Crippen LogP contribution in [0.1, 0.15) is 47.2 Å². The van der Waals surface area contributed by atoms with Crippen molar-refractivity contribution in [2.24, 2.45) is 7.05 Å². The summed E-state index contributed by atoms with van der Waals surface area (Å²) in [6.45, 7) is -0.635. The maximum atomic E-state index is 14.5. The third kappa shape index (κ3) is 6.58. The summed E-state index contributed by atoms with van der Waals surface area (Å²) < 4.78 is 87.4. The lowest BCUT2D eigenvalue weighted by molar-refractivity contribution is -0.122. The van der Waals surface area contributed by atoms with Crippen LogP contribution in [0.4, 0.5) is 23.4 Å². The lowest BCUT2D eigenvalue weighted by Crippen LogP contribution is -2.38. The molecule has 13 nitrogen and oxygen atoms in total. The quantitative estimate of drug-likeness (QED) is 0.191. The molecule has 0 fully saturated rings. The fourth-order valence-electron chi connectivity index (χ4n) is 6.67. The molecule has 0 bridgehead atoms. The molecule has 4 aromatic heterocycles. The minimum Gasteiger partial charge on any atom is -0.344 e. The van der Waals surface area contributed by atoms with Crippen molar-refractivity contribution in [2.75, 3.05) is 11.0 Å². The van der Waals surface area contributed by atoms with E-state index < -0.39 is 52.1 Å². The largest absolute Gasteiger partial charge is 0.344 e. The maximum absolute atomic E-state index is 14.5. The zero-order chi connectivity index (χ0) is 37.1. The summed E-state index contributed by atoms with van der Waals surface area (Å²) in [4.78, 5) is 37.1. The molecular weight excluding hydrogens is 730 g/mol. The topological polar surface area (TPSA) is 159 Å². The van der Waals surface area contributed by atoms with E-state index in [1.807, 2.05) is 0 Å². The van der Waals surface area contributed by atoms with Crippen molar-refractivity contribution in [1.29, 1.82) is 0 Å². The highest BCUT2D eigenvalue weighted by Gasteiger charge is 2.31. The molecule has 2 N–H and O–H groups in total. The molecule has 2 aromatic carbocycles. The smallest absolute Gasteiger partial charge is 0.280 e. The third-order valence-electron chi connectivity index (χ3n) is 8.64. The Kier molecular flexibility index (Phi) is 8.98. The van der Waals surface area contributed by atoms with E-state index in [-0.39, 0.29) is 62.0 Å². The molecule has 0 saturated carbocycles. The average Bonchev–Trinajstić information content (AvgIpc) is 3.73. The maximum Gasteiger partial charge on any atom is 0.280 e. The number of sulfonamides is 1. The molecule has 6 aromatic rings. The van der Waals surface area contributed by atoms with Crippen LogP contribution in [-0.4, -0.2) is 54.7 Å². The van der Waals surface area contributed by atoms with Crippen LogP contribution in [0.15, 0.2) is 53.5 Å². The van der Waals surface area contributed by atoms with Crippen LogP contribution in [0, 0.1) is 11.6 Å². The minimum atomic E-state index is -3.83. The van der Waals surface area contributed by atoms with E-state index in [2.05, 4.69) is 30.2 Å². The lowest BCUT2D eigenvalue weighted by Gasteiger charge is -2.23. The predicted octanol–water partition coefficient (Wildman–Crippen LogP) is 4.69. The first-order valence-electron chi connectivity index (χ1n) is 15.8. The van der Waals surface area contributed by atoms with Gasteiger partial charge in [-0.25, -0.2) is 35.9 Å². The van der Waals surface area contributed by atoms with E-state index in [1.165, 1.54) is 42.2 Å². The van der Waals surface area contributed by atoms with E-state index >= 15 is 0 Å². The summed E-state index contributed by atoms with van der Waals surface area (Å²) in [5, 5.41) is 11.6. The van der Waals surface area contributed by atoms with Crippen molar-refractivity contribution < 1.29 is 30.8 Å². The van der Waals surface area contributed by atoms with E-state index in [0.717, 1.165) is 27.6 Å². The molecule has 1 unspecified atom stereocenters. The van der Waals surface area contributed by atoms with Crippen molar-refractivity contribution in [3.8, 4) is 5.69 Å². The van der Waals surface area contributed by atoms with Gasteiger partial charge in [0, 0.05) is 31.3 Å². The number of hydrogen-bond donors (Lipinski definition) is 2. The van der Waals surface area contributed by atoms with Gasteiger partial charge in [-0.05, 0) is 61.2 Å². The Morgan fingerprint density at radius 1 is 1.08 bits per heavy atom. The number of carbonyl (C=O) groups is 1. The molecule has 0 spiro atoms. The standard InChI is InChI=1S/C33H28ClF4N9O4S/c1-45-28-24(9-8-21(34)26(28)31(43-45)44-52(2,50)51)47-32(41-30-20(33(47)49)6-4-10-39-30)23(13-16-11-17(35)14-18(36)12-16)40-25(48)15-46-27(29(37)38)19-5-3-7-22(19)42-46/h4,6,8-12,14,23,29H,3,5,7,13,15H2,1-2H3,(H,40,48)(H,43,44). The van der Waals surface area contributed by atoms with Gasteiger partial charge in [0.1, 0.15) is 29.7 Å². The lowest BCUT2D eigenvalue weighted by atomic mass is 10.0. The molecule has 7 rings (SSSR count). The molecule has 1 amide bonds. The third-order valence-corrected chi connectivity index (χ3v) is 9.51. The van der Waals surface area contributed by atoms with Crippen molar-refractivity contribution in [2.45, 2.75) is 44.7 Å². The number of anilines is 1. The van der Waals surface area contributed by atoms with Gasteiger partial charge >= 0.3 is 0 Å². The van der Waals surface area contributed by atoms with Crippen LogP contribution in [0.25, 0.3) is 27.6 Å². The van der Waals surface area contributed by atoms with Crippen molar-refractivity contribution in [1.82, 2.24) is 39.4 Å². The second kappa shape index (κ2) is 13.3. The van der Waals surface area contributed by atoms with Gasteiger partial charge in [-0.2, -0.15) is 10.2 Å². The summed E-state index contributed by atoms with van der Waals surface area (Å²) in [5.41, 5.74) is 0.165. The summed E-state index contributed by atoms with van der Waals surface area (Å²) in [6, 6.07) is 7.29. The number of nitrogens with one attached hydrogen (secondary N) is 2. The highest BCUT2D eigenvalue weighted by atomic mass is 35.5. The number of aryl methyl sites for hydroxylation is 2. The van der Waals surface area contributed by atoms with E-state index in [4.69, 9.17) is 11.6 Å². The summed E-state index contributed by atoms with van der Waals surface area (Å²) in [5.74, 6) is -2.91. The normalized spacial score (nSPS) is 13.6. The SMILES string of the molecule is Cn1nc(NS(C)(=O)=O)c2c(Cl)ccc(-n3c(C(Cc4cc(F)cc(F)c4)NC(=O)Cn4nc5c(c4C(F)F)CCC5)nc4ncccc4c3=O)c21. The summed E-state index contributed by atoms with van der Waals surface area (Å²) in [7, 11) is -2.34. The number of rotatable bonds is 10. The first-order chi connectivity index (χ1) is 24.7. The number of amides is 1.